The Balaban J connectivity index is 1.64. The first kappa shape index (κ1) is 24.6. The molecular formula is C26H27Cl2N3O2. The first-order chi connectivity index (χ1) is 16.0. The van der Waals surface area contributed by atoms with Gasteiger partial charge in [0.25, 0.3) is 0 Å². The SMILES string of the molecule is CC(c1ccccc1)N(CCC(=O)NCCc1ccccc1)C(=O)Nc1cccc(Cl)c1Cl. The van der Waals surface area contributed by atoms with E-state index in [-0.39, 0.29) is 36.0 Å². The number of amides is 3. The van der Waals surface area contributed by atoms with Gasteiger partial charge in [-0.25, -0.2) is 4.79 Å². The van der Waals surface area contributed by atoms with Crippen molar-refractivity contribution in [2.24, 2.45) is 0 Å². The smallest absolute Gasteiger partial charge is 0.322 e. The van der Waals surface area contributed by atoms with Gasteiger partial charge in [-0.2, -0.15) is 0 Å². The molecule has 3 amide bonds. The van der Waals surface area contributed by atoms with E-state index < -0.39 is 0 Å². The molecule has 0 heterocycles. The summed E-state index contributed by atoms with van der Waals surface area (Å²) in [4.78, 5) is 27.3. The third-order valence-electron chi connectivity index (χ3n) is 5.36. The van der Waals surface area contributed by atoms with Gasteiger partial charge in [0.05, 0.1) is 21.8 Å². The van der Waals surface area contributed by atoms with Crippen LogP contribution in [-0.2, 0) is 11.2 Å². The van der Waals surface area contributed by atoms with Crippen LogP contribution in [0.3, 0.4) is 0 Å². The summed E-state index contributed by atoms with van der Waals surface area (Å²) in [6.07, 6.45) is 0.938. The molecule has 1 atom stereocenters. The van der Waals surface area contributed by atoms with Crippen LogP contribution in [0.2, 0.25) is 10.0 Å². The molecule has 0 saturated heterocycles. The van der Waals surface area contributed by atoms with E-state index in [2.05, 4.69) is 10.6 Å². The van der Waals surface area contributed by atoms with E-state index in [1.807, 2.05) is 67.6 Å². The normalized spacial score (nSPS) is 11.5. The summed E-state index contributed by atoms with van der Waals surface area (Å²) < 4.78 is 0. The average molecular weight is 484 g/mol. The first-order valence-corrected chi connectivity index (χ1v) is 11.6. The van der Waals surface area contributed by atoms with Gasteiger partial charge >= 0.3 is 6.03 Å². The van der Waals surface area contributed by atoms with Gasteiger partial charge in [-0.1, -0.05) is 89.9 Å². The van der Waals surface area contributed by atoms with Gasteiger partial charge in [0.15, 0.2) is 0 Å². The van der Waals surface area contributed by atoms with Crippen LogP contribution in [0.15, 0.2) is 78.9 Å². The zero-order valence-electron chi connectivity index (χ0n) is 18.4. The van der Waals surface area contributed by atoms with Crippen molar-refractivity contribution in [2.45, 2.75) is 25.8 Å². The van der Waals surface area contributed by atoms with Crippen LogP contribution in [-0.4, -0.2) is 29.9 Å². The van der Waals surface area contributed by atoms with Crippen molar-refractivity contribution in [1.29, 1.82) is 0 Å². The number of urea groups is 1. The van der Waals surface area contributed by atoms with Crippen molar-refractivity contribution >= 4 is 40.8 Å². The Bertz CT molecular complexity index is 1060. The average Bonchev–Trinajstić information content (AvgIpc) is 2.83. The predicted molar refractivity (Wildman–Crippen MR) is 135 cm³/mol. The number of hydrogen-bond donors (Lipinski definition) is 2. The highest BCUT2D eigenvalue weighted by molar-refractivity contribution is 6.43. The molecule has 0 aliphatic heterocycles. The van der Waals surface area contributed by atoms with Gasteiger partial charge < -0.3 is 15.5 Å². The van der Waals surface area contributed by atoms with Crippen molar-refractivity contribution in [1.82, 2.24) is 10.2 Å². The Kier molecular flexibility index (Phi) is 9.16. The molecule has 2 N–H and O–H groups in total. The van der Waals surface area contributed by atoms with Crippen LogP contribution in [0.5, 0.6) is 0 Å². The van der Waals surface area contributed by atoms with Crippen LogP contribution in [0.4, 0.5) is 10.5 Å². The minimum absolute atomic E-state index is 0.107. The predicted octanol–water partition coefficient (Wildman–Crippen LogP) is 6.34. The standard InChI is InChI=1S/C26H27Cl2N3O2/c1-19(21-11-6-3-7-12-21)31(26(33)30-23-14-8-13-22(27)25(23)28)18-16-24(32)29-17-15-20-9-4-2-5-10-20/h2-14,19H,15-18H2,1H3,(H,29,32)(H,30,33). The molecule has 0 saturated carbocycles. The number of carbonyl (C=O) groups excluding carboxylic acids is 2. The summed E-state index contributed by atoms with van der Waals surface area (Å²) in [5.74, 6) is -0.107. The molecule has 0 aromatic heterocycles. The molecule has 0 aliphatic rings. The summed E-state index contributed by atoms with van der Waals surface area (Å²) in [6.45, 7) is 2.72. The van der Waals surface area contributed by atoms with E-state index in [0.717, 1.165) is 17.5 Å². The fraction of sp³-hybridized carbons (Fsp3) is 0.231. The summed E-state index contributed by atoms with van der Waals surface area (Å²) in [7, 11) is 0. The van der Waals surface area contributed by atoms with Gasteiger partial charge in [0, 0.05) is 19.5 Å². The Morgan fingerprint density at radius 1 is 0.909 bits per heavy atom. The lowest BCUT2D eigenvalue weighted by atomic mass is 10.1. The minimum Gasteiger partial charge on any atom is -0.356 e. The summed E-state index contributed by atoms with van der Waals surface area (Å²) in [5.41, 5.74) is 2.55. The second kappa shape index (κ2) is 12.3. The third kappa shape index (κ3) is 7.24. The number of nitrogens with one attached hydrogen (secondary N) is 2. The second-order valence-corrected chi connectivity index (χ2v) is 8.43. The van der Waals surface area contributed by atoms with Crippen LogP contribution in [0.25, 0.3) is 0 Å². The van der Waals surface area contributed by atoms with Crippen LogP contribution >= 0.6 is 23.2 Å². The highest BCUT2D eigenvalue weighted by Gasteiger charge is 2.23. The van der Waals surface area contributed by atoms with Crippen molar-refractivity contribution in [3.8, 4) is 0 Å². The molecule has 0 fully saturated rings. The van der Waals surface area contributed by atoms with E-state index >= 15 is 0 Å². The summed E-state index contributed by atoms with van der Waals surface area (Å²) in [6, 6.07) is 24.1. The van der Waals surface area contributed by atoms with Gasteiger partial charge in [0.2, 0.25) is 5.91 Å². The summed E-state index contributed by atoms with van der Waals surface area (Å²) >= 11 is 12.3. The molecule has 1 unspecified atom stereocenters. The highest BCUT2D eigenvalue weighted by atomic mass is 35.5. The molecule has 0 aliphatic carbocycles. The van der Waals surface area contributed by atoms with Gasteiger partial charge in [0.1, 0.15) is 0 Å². The van der Waals surface area contributed by atoms with E-state index in [1.54, 1.807) is 23.1 Å². The van der Waals surface area contributed by atoms with Crippen molar-refractivity contribution in [3.05, 3.63) is 100 Å². The highest BCUT2D eigenvalue weighted by Crippen LogP contribution is 2.30. The topological polar surface area (TPSA) is 61.4 Å². The Hall–Kier alpha value is -3.02. The number of anilines is 1. The zero-order chi connectivity index (χ0) is 23.6. The maximum absolute atomic E-state index is 13.2. The van der Waals surface area contributed by atoms with E-state index in [0.29, 0.717) is 17.3 Å². The van der Waals surface area contributed by atoms with Crippen molar-refractivity contribution in [2.75, 3.05) is 18.4 Å². The molecule has 33 heavy (non-hydrogen) atoms. The van der Waals surface area contributed by atoms with Gasteiger partial charge in [-0.3, -0.25) is 4.79 Å². The van der Waals surface area contributed by atoms with E-state index in [1.165, 1.54) is 0 Å². The van der Waals surface area contributed by atoms with E-state index in [9.17, 15) is 9.59 Å². The number of benzene rings is 3. The number of carbonyl (C=O) groups is 2. The largest absolute Gasteiger partial charge is 0.356 e. The van der Waals surface area contributed by atoms with Crippen LogP contribution in [0, 0.1) is 0 Å². The maximum Gasteiger partial charge on any atom is 0.322 e. The molecule has 172 valence electrons. The number of nitrogens with zero attached hydrogens (tertiary/aromatic N) is 1. The first-order valence-electron chi connectivity index (χ1n) is 10.8. The van der Waals surface area contributed by atoms with Gasteiger partial charge in [-0.15, -0.1) is 0 Å². The van der Waals surface area contributed by atoms with Crippen LogP contribution in [0.1, 0.15) is 30.5 Å². The molecule has 0 spiro atoms. The molecule has 3 aromatic carbocycles. The third-order valence-corrected chi connectivity index (χ3v) is 6.18. The lowest BCUT2D eigenvalue weighted by Crippen LogP contribution is -2.40. The van der Waals surface area contributed by atoms with Crippen LogP contribution < -0.4 is 10.6 Å². The molecular weight excluding hydrogens is 457 g/mol. The lowest BCUT2D eigenvalue weighted by Gasteiger charge is -2.30. The van der Waals surface area contributed by atoms with Crippen molar-refractivity contribution in [3.63, 3.8) is 0 Å². The van der Waals surface area contributed by atoms with Gasteiger partial charge in [-0.05, 0) is 36.6 Å². The molecule has 0 radical (unpaired) electrons. The second-order valence-electron chi connectivity index (χ2n) is 7.65. The fourth-order valence-electron chi connectivity index (χ4n) is 3.47. The number of hydrogen-bond acceptors (Lipinski definition) is 2. The molecule has 5 nitrogen and oxygen atoms in total. The van der Waals surface area contributed by atoms with E-state index in [4.69, 9.17) is 23.2 Å². The molecule has 0 bridgehead atoms. The minimum atomic E-state index is -0.354. The number of halogens is 2. The Morgan fingerprint density at radius 2 is 1.58 bits per heavy atom. The summed E-state index contributed by atoms with van der Waals surface area (Å²) in [5, 5.41) is 6.40. The zero-order valence-corrected chi connectivity index (χ0v) is 19.9. The number of rotatable bonds is 9. The van der Waals surface area contributed by atoms with Crippen molar-refractivity contribution < 1.29 is 9.59 Å². The monoisotopic (exact) mass is 483 g/mol. The Labute approximate surface area is 204 Å². The quantitative estimate of drug-likeness (QED) is 0.373. The fourth-order valence-corrected chi connectivity index (χ4v) is 3.82. The molecule has 3 rings (SSSR count). The molecule has 7 heteroatoms. The molecule has 3 aromatic rings. The lowest BCUT2D eigenvalue weighted by molar-refractivity contribution is -0.121. The maximum atomic E-state index is 13.2. The Morgan fingerprint density at radius 3 is 2.27 bits per heavy atom.